The zero-order chi connectivity index (χ0) is 22.0. The largest absolute Gasteiger partial charge is 0.462 e. The van der Waals surface area contributed by atoms with Crippen molar-refractivity contribution in [1.82, 2.24) is 9.88 Å². The molecule has 0 spiro atoms. The highest BCUT2D eigenvalue weighted by molar-refractivity contribution is 6.35. The summed E-state index contributed by atoms with van der Waals surface area (Å²) in [6, 6.07) is 4.41. The van der Waals surface area contributed by atoms with E-state index in [4.69, 9.17) is 4.74 Å². The molecule has 1 amide bonds. The fourth-order valence-electron chi connectivity index (χ4n) is 3.81. The topological polar surface area (TPSA) is 65.6 Å². The number of nitrogens with one attached hydrogen (secondary N) is 1. The van der Waals surface area contributed by atoms with Gasteiger partial charge in [-0.15, -0.1) is 0 Å². The van der Waals surface area contributed by atoms with Gasteiger partial charge in [-0.3, -0.25) is 4.79 Å². The number of hydrogen-bond donors (Lipinski definition) is 1. The summed E-state index contributed by atoms with van der Waals surface area (Å²) < 4.78 is 19.1. The molecule has 3 rings (SSSR count). The van der Waals surface area contributed by atoms with Crippen LogP contribution in [0.5, 0.6) is 0 Å². The predicted molar refractivity (Wildman–Crippen MR) is 116 cm³/mol. The van der Waals surface area contributed by atoms with Gasteiger partial charge >= 0.3 is 5.97 Å². The molecule has 0 aliphatic carbocycles. The number of fused-ring (bicyclic) bond motifs is 1. The molecule has 1 N–H and O–H groups in total. The average Bonchev–Trinajstić information content (AvgIpc) is 3.09. The molecule has 0 bridgehead atoms. The van der Waals surface area contributed by atoms with E-state index in [0.29, 0.717) is 45.9 Å². The van der Waals surface area contributed by atoms with Gasteiger partial charge in [-0.2, -0.15) is 0 Å². The summed E-state index contributed by atoms with van der Waals surface area (Å²) in [4.78, 5) is 32.4. The Morgan fingerprint density at radius 3 is 2.70 bits per heavy atom. The smallest absolute Gasteiger partial charge is 0.340 e. The van der Waals surface area contributed by atoms with Crippen molar-refractivity contribution in [3.8, 4) is 0 Å². The van der Waals surface area contributed by atoms with E-state index < -0.39 is 11.8 Å². The molecule has 30 heavy (non-hydrogen) atoms. The molecule has 2 aromatic rings. The van der Waals surface area contributed by atoms with Crippen LogP contribution in [0.4, 0.5) is 10.1 Å². The number of carbonyl (C=O) groups excluding carboxylic acids is 2. The molecule has 6 nitrogen and oxygen atoms in total. The Hall–Kier alpha value is -2.93. The number of ether oxygens (including phenoxy) is 1. The second kappa shape index (κ2) is 8.83. The van der Waals surface area contributed by atoms with Crippen LogP contribution in [0.3, 0.4) is 0 Å². The van der Waals surface area contributed by atoms with Gasteiger partial charge in [0, 0.05) is 23.5 Å². The Balaban J connectivity index is 2.01. The predicted octanol–water partition coefficient (Wildman–Crippen LogP) is 3.79. The number of nitrogens with zero attached hydrogens (tertiary/aromatic N) is 2. The van der Waals surface area contributed by atoms with Crippen LogP contribution < -0.4 is 4.90 Å². The first-order valence-electron chi connectivity index (χ1n) is 10.1. The minimum Gasteiger partial charge on any atom is -0.462 e. The molecule has 0 saturated carbocycles. The minimum absolute atomic E-state index is 0.168. The molecule has 1 aliphatic heterocycles. The Bertz CT molecular complexity index is 1010. The first kappa shape index (κ1) is 21.8. The van der Waals surface area contributed by atoms with Gasteiger partial charge in [0.2, 0.25) is 0 Å². The van der Waals surface area contributed by atoms with Crippen molar-refractivity contribution in [2.75, 3.05) is 38.7 Å². The number of hydrogen-bond acceptors (Lipinski definition) is 4. The van der Waals surface area contributed by atoms with Crippen LogP contribution in [0, 0.1) is 19.7 Å². The second-order valence-corrected chi connectivity index (χ2v) is 7.72. The van der Waals surface area contributed by atoms with Crippen molar-refractivity contribution >= 4 is 29.2 Å². The van der Waals surface area contributed by atoms with E-state index >= 15 is 0 Å². The fourth-order valence-corrected chi connectivity index (χ4v) is 3.81. The number of H-pyrrole nitrogens is 1. The Morgan fingerprint density at radius 1 is 1.30 bits per heavy atom. The third-order valence-electron chi connectivity index (χ3n) is 5.25. The van der Waals surface area contributed by atoms with Crippen molar-refractivity contribution in [3.63, 3.8) is 0 Å². The van der Waals surface area contributed by atoms with Crippen molar-refractivity contribution in [3.05, 3.63) is 52.1 Å². The standard InChI is InChI=1S/C23H28FN3O3/c1-6-30-23(29)21-14(2)19(25-15(21)3)13-18-17-12-16(24)8-9-20(17)27(22(18)28)11-7-10-26(4)5/h8-9,12-13,25H,6-7,10-11H2,1-5H3/b18-13-. The van der Waals surface area contributed by atoms with Crippen LogP contribution in [0.15, 0.2) is 18.2 Å². The van der Waals surface area contributed by atoms with E-state index in [2.05, 4.69) is 9.88 Å². The fraction of sp³-hybridized carbons (Fsp3) is 0.391. The van der Waals surface area contributed by atoms with Gasteiger partial charge in [-0.25, -0.2) is 9.18 Å². The average molecular weight is 413 g/mol. The van der Waals surface area contributed by atoms with E-state index in [1.807, 2.05) is 21.0 Å². The highest BCUT2D eigenvalue weighted by Gasteiger charge is 2.33. The third kappa shape index (κ3) is 4.16. The molecule has 1 aliphatic rings. The zero-order valence-electron chi connectivity index (χ0n) is 18.1. The summed E-state index contributed by atoms with van der Waals surface area (Å²) in [6.07, 6.45) is 2.51. The number of aromatic amines is 1. The van der Waals surface area contributed by atoms with E-state index in [1.165, 1.54) is 12.1 Å². The van der Waals surface area contributed by atoms with Gasteiger partial charge in [-0.1, -0.05) is 0 Å². The number of benzene rings is 1. The Morgan fingerprint density at radius 2 is 2.03 bits per heavy atom. The van der Waals surface area contributed by atoms with Crippen LogP contribution in [-0.4, -0.2) is 55.6 Å². The molecule has 0 fully saturated rings. The van der Waals surface area contributed by atoms with E-state index in [1.54, 1.807) is 30.9 Å². The van der Waals surface area contributed by atoms with Gasteiger partial charge in [0.05, 0.1) is 23.4 Å². The van der Waals surface area contributed by atoms with Gasteiger partial charge in [0.1, 0.15) is 5.82 Å². The van der Waals surface area contributed by atoms with Gasteiger partial charge in [0.15, 0.2) is 0 Å². The molecule has 0 radical (unpaired) electrons. The van der Waals surface area contributed by atoms with Crippen LogP contribution in [0.2, 0.25) is 0 Å². The number of amides is 1. The van der Waals surface area contributed by atoms with Crippen LogP contribution in [0.1, 0.15) is 46.2 Å². The maximum Gasteiger partial charge on any atom is 0.340 e. The lowest BCUT2D eigenvalue weighted by atomic mass is 10.0. The quantitative estimate of drug-likeness (QED) is 0.554. The highest BCUT2D eigenvalue weighted by atomic mass is 19.1. The van der Waals surface area contributed by atoms with Crippen LogP contribution >= 0.6 is 0 Å². The van der Waals surface area contributed by atoms with Gasteiger partial charge < -0.3 is 19.5 Å². The van der Waals surface area contributed by atoms with Crippen LogP contribution in [-0.2, 0) is 9.53 Å². The summed E-state index contributed by atoms with van der Waals surface area (Å²) in [5, 5.41) is 0. The molecule has 2 heterocycles. The van der Waals surface area contributed by atoms with E-state index in [9.17, 15) is 14.0 Å². The van der Waals surface area contributed by atoms with Crippen molar-refractivity contribution in [2.45, 2.75) is 27.2 Å². The van der Waals surface area contributed by atoms with Gasteiger partial charge in [-0.05, 0) is 77.7 Å². The first-order valence-corrected chi connectivity index (χ1v) is 10.1. The molecular formula is C23H28FN3O3. The Kier molecular flexibility index (Phi) is 6.41. The number of aromatic nitrogens is 1. The minimum atomic E-state index is -0.400. The molecule has 0 saturated heterocycles. The number of esters is 1. The summed E-state index contributed by atoms with van der Waals surface area (Å²) in [7, 11) is 3.97. The highest BCUT2D eigenvalue weighted by Crippen LogP contribution is 2.38. The number of carbonyl (C=O) groups is 2. The monoisotopic (exact) mass is 413 g/mol. The molecular weight excluding hydrogens is 385 g/mol. The number of rotatable bonds is 7. The van der Waals surface area contributed by atoms with Gasteiger partial charge in [0.25, 0.3) is 5.91 Å². The lowest BCUT2D eigenvalue weighted by Gasteiger charge is -2.18. The molecule has 7 heteroatoms. The van der Waals surface area contributed by atoms with Crippen molar-refractivity contribution in [1.29, 1.82) is 0 Å². The van der Waals surface area contributed by atoms with E-state index in [-0.39, 0.29) is 12.5 Å². The number of anilines is 1. The molecule has 0 atom stereocenters. The molecule has 0 unspecified atom stereocenters. The number of halogens is 1. The molecule has 1 aromatic heterocycles. The summed E-state index contributed by atoms with van der Waals surface area (Å²) >= 11 is 0. The first-order chi connectivity index (χ1) is 14.2. The lowest BCUT2D eigenvalue weighted by Crippen LogP contribution is -2.29. The Labute approximate surface area is 176 Å². The maximum atomic E-state index is 14.0. The maximum absolute atomic E-state index is 14.0. The number of aryl methyl sites for hydroxylation is 1. The van der Waals surface area contributed by atoms with Crippen molar-refractivity contribution in [2.24, 2.45) is 0 Å². The third-order valence-corrected chi connectivity index (χ3v) is 5.25. The zero-order valence-corrected chi connectivity index (χ0v) is 18.1. The molecule has 1 aromatic carbocycles. The van der Waals surface area contributed by atoms with E-state index in [0.717, 1.165) is 13.0 Å². The normalized spacial score (nSPS) is 14.7. The van der Waals surface area contributed by atoms with Crippen LogP contribution in [0.25, 0.3) is 11.6 Å². The summed E-state index contributed by atoms with van der Waals surface area (Å²) in [6.45, 7) is 7.03. The summed E-state index contributed by atoms with van der Waals surface area (Å²) in [5.74, 6) is -0.962. The lowest BCUT2D eigenvalue weighted by molar-refractivity contribution is -0.113. The van der Waals surface area contributed by atoms with Crippen molar-refractivity contribution < 1.29 is 18.7 Å². The molecule has 160 valence electrons. The second-order valence-electron chi connectivity index (χ2n) is 7.72. The SMILES string of the molecule is CCOC(=O)c1c(C)[nH]c(/C=C2\C(=O)N(CCCN(C)C)c3ccc(F)cc32)c1C. The summed E-state index contributed by atoms with van der Waals surface area (Å²) in [5.41, 5.74) is 4.17.